The highest BCUT2D eigenvalue weighted by Gasteiger charge is 2.28. The first kappa shape index (κ1) is 12.9. The van der Waals surface area contributed by atoms with Gasteiger partial charge in [-0.1, -0.05) is 18.2 Å². The molecule has 4 nitrogen and oxygen atoms in total. The van der Waals surface area contributed by atoms with Gasteiger partial charge >= 0.3 is 0 Å². The normalized spacial score (nSPS) is 18.9. The number of rotatable bonds is 5. The highest BCUT2D eigenvalue weighted by atomic mass is 16.5. The van der Waals surface area contributed by atoms with Crippen molar-refractivity contribution in [3.8, 4) is 0 Å². The van der Waals surface area contributed by atoms with Gasteiger partial charge in [0.25, 0.3) is 0 Å². The van der Waals surface area contributed by atoms with Crippen LogP contribution in [-0.2, 0) is 9.53 Å². The van der Waals surface area contributed by atoms with E-state index in [0.717, 1.165) is 17.7 Å². The fourth-order valence-corrected chi connectivity index (χ4v) is 2.23. The molecule has 18 heavy (non-hydrogen) atoms. The predicted molar refractivity (Wildman–Crippen MR) is 71.8 cm³/mol. The predicted octanol–water partition coefficient (Wildman–Crippen LogP) is 1.74. The molecule has 2 rings (SSSR count). The molecular formula is C14H20N2O2. The Bertz CT molecular complexity index is 420. The molecule has 1 aliphatic rings. The van der Waals surface area contributed by atoms with Crippen molar-refractivity contribution in [1.29, 1.82) is 0 Å². The lowest BCUT2D eigenvalue weighted by atomic mass is 10.00. The molecule has 98 valence electrons. The van der Waals surface area contributed by atoms with E-state index in [0.29, 0.717) is 13.2 Å². The molecule has 2 atom stereocenters. The molecule has 1 amide bonds. The summed E-state index contributed by atoms with van der Waals surface area (Å²) in [5.41, 5.74) is 2.16. The fraction of sp³-hybridized carbons (Fsp3) is 0.500. The Hall–Kier alpha value is -1.55. The lowest BCUT2D eigenvalue weighted by molar-refractivity contribution is -0.122. The average molecular weight is 248 g/mol. The lowest BCUT2D eigenvalue weighted by Crippen LogP contribution is -2.37. The maximum absolute atomic E-state index is 12.2. The van der Waals surface area contributed by atoms with Gasteiger partial charge in [0.05, 0.1) is 5.92 Å². The number of nitrogens with one attached hydrogen (secondary N) is 2. The number of amides is 1. The maximum atomic E-state index is 12.2. The van der Waals surface area contributed by atoms with Gasteiger partial charge in [-0.3, -0.25) is 4.79 Å². The quantitative estimate of drug-likeness (QED) is 0.834. The third-order valence-electron chi connectivity index (χ3n) is 3.29. The second kappa shape index (κ2) is 5.87. The molecule has 1 aromatic carbocycles. The number of methoxy groups -OCH3 is 1. The zero-order chi connectivity index (χ0) is 13.0. The number of hydrogen-bond donors (Lipinski definition) is 2. The fourth-order valence-electron chi connectivity index (χ4n) is 2.23. The summed E-state index contributed by atoms with van der Waals surface area (Å²) in [7, 11) is 1.67. The maximum Gasteiger partial charge on any atom is 0.229 e. The van der Waals surface area contributed by atoms with E-state index in [1.807, 2.05) is 31.2 Å². The minimum atomic E-state index is -0.0776. The highest BCUT2D eigenvalue weighted by molar-refractivity contribution is 5.88. The summed E-state index contributed by atoms with van der Waals surface area (Å²) in [6.07, 6.45) is 0.837. The molecule has 2 N–H and O–H groups in total. The summed E-state index contributed by atoms with van der Waals surface area (Å²) < 4.78 is 5.01. The Balaban J connectivity index is 1.95. The smallest absolute Gasteiger partial charge is 0.229 e. The van der Waals surface area contributed by atoms with Crippen molar-refractivity contribution in [2.45, 2.75) is 25.3 Å². The van der Waals surface area contributed by atoms with Gasteiger partial charge in [0, 0.05) is 32.0 Å². The van der Waals surface area contributed by atoms with Crippen molar-refractivity contribution in [3.63, 3.8) is 0 Å². The van der Waals surface area contributed by atoms with Crippen LogP contribution in [0.1, 0.15) is 24.8 Å². The Kier molecular flexibility index (Phi) is 4.20. The Morgan fingerprint density at radius 3 is 3.11 bits per heavy atom. The third-order valence-corrected chi connectivity index (χ3v) is 3.29. The van der Waals surface area contributed by atoms with Crippen LogP contribution < -0.4 is 10.6 Å². The van der Waals surface area contributed by atoms with Gasteiger partial charge in [-0.25, -0.2) is 0 Å². The molecule has 0 saturated carbocycles. The summed E-state index contributed by atoms with van der Waals surface area (Å²) in [6.45, 7) is 3.36. The van der Waals surface area contributed by atoms with Crippen molar-refractivity contribution < 1.29 is 9.53 Å². The molecule has 0 spiro atoms. The molecule has 0 aliphatic carbocycles. The second-order valence-corrected chi connectivity index (χ2v) is 4.71. The van der Waals surface area contributed by atoms with Crippen LogP contribution >= 0.6 is 0 Å². The summed E-state index contributed by atoms with van der Waals surface area (Å²) in [5, 5.41) is 6.30. The van der Waals surface area contributed by atoms with E-state index in [1.165, 1.54) is 0 Å². The van der Waals surface area contributed by atoms with Crippen LogP contribution in [0.4, 0.5) is 5.69 Å². The Morgan fingerprint density at radius 1 is 1.56 bits per heavy atom. The molecule has 1 aliphatic heterocycles. The lowest BCUT2D eigenvalue weighted by Gasteiger charge is -2.16. The van der Waals surface area contributed by atoms with Gasteiger partial charge < -0.3 is 15.4 Å². The number of carbonyl (C=O) groups excluding carboxylic acids is 1. The number of ether oxygens (including phenoxy) is 1. The molecule has 0 aromatic heterocycles. The topological polar surface area (TPSA) is 50.4 Å². The number of anilines is 1. The van der Waals surface area contributed by atoms with Crippen LogP contribution in [0, 0.1) is 0 Å². The molecule has 1 heterocycles. The van der Waals surface area contributed by atoms with E-state index < -0.39 is 0 Å². The van der Waals surface area contributed by atoms with Gasteiger partial charge in [0.2, 0.25) is 5.91 Å². The standard InChI is InChI=1S/C14H20N2O2/c1-10(7-8-18-2)16-14(17)12-9-15-13-6-4-3-5-11(12)13/h3-6,10,12,15H,7-9H2,1-2H3,(H,16,17). The molecule has 4 heteroatoms. The molecular weight excluding hydrogens is 228 g/mol. The monoisotopic (exact) mass is 248 g/mol. The molecule has 0 fully saturated rings. The summed E-state index contributed by atoms with van der Waals surface area (Å²) in [6, 6.07) is 8.12. The van der Waals surface area contributed by atoms with E-state index in [4.69, 9.17) is 4.74 Å². The molecule has 1 aromatic rings. The molecule has 2 unspecified atom stereocenters. The van der Waals surface area contributed by atoms with E-state index >= 15 is 0 Å². The second-order valence-electron chi connectivity index (χ2n) is 4.71. The van der Waals surface area contributed by atoms with Crippen molar-refractivity contribution >= 4 is 11.6 Å². The van der Waals surface area contributed by atoms with Crippen LogP contribution in [0.15, 0.2) is 24.3 Å². The first-order valence-corrected chi connectivity index (χ1v) is 6.34. The minimum Gasteiger partial charge on any atom is -0.385 e. The number of para-hydroxylation sites is 1. The zero-order valence-corrected chi connectivity index (χ0v) is 10.9. The van der Waals surface area contributed by atoms with Crippen molar-refractivity contribution in [2.24, 2.45) is 0 Å². The average Bonchev–Trinajstić information content (AvgIpc) is 2.80. The van der Waals surface area contributed by atoms with Crippen LogP contribution in [0.5, 0.6) is 0 Å². The Labute approximate surface area is 108 Å². The molecule has 0 radical (unpaired) electrons. The van der Waals surface area contributed by atoms with Crippen LogP contribution in [-0.4, -0.2) is 32.2 Å². The van der Waals surface area contributed by atoms with E-state index in [2.05, 4.69) is 10.6 Å². The van der Waals surface area contributed by atoms with Crippen LogP contribution in [0.2, 0.25) is 0 Å². The number of hydrogen-bond acceptors (Lipinski definition) is 3. The van der Waals surface area contributed by atoms with Crippen LogP contribution in [0.25, 0.3) is 0 Å². The largest absolute Gasteiger partial charge is 0.385 e. The highest BCUT2D eigenvalue weighted by Crippen LogP contribution is 2.31. The van der Waals surface area contributed by atoms with E-state index in [1.54, 1.807) is 7.11 Å². The van der Waals surface area contributed by atoms with Gasteiger partial charge in [-0.05, 0) is 25.0 Å². The van der Waals surface area contributed by atoms with Gasteiger partial charge in [-0.2, -0.15) is 0 Å². The first-order valence-electron chi connectivity index (χ1n) is 6.34. The van der Waals surface area contributed by atoms with Gasteiger partial charge in [0.15, 0.2) is 0 Å². The minimum absolute atomic E-state index is 0.0776. The first-order chi connectivity index (χ1) is 8.72. The Morgan fingerprint density at radius 2 is 2.33 bits per heavy atom. The number of fused-ring (bicyclic) bond motifs is 1. The number of benzene rings is 1. The van der Waals surface area contributed by atoms with E-state index in [-0.39, 0.29) is 17.9 Å². The van der Waals surface area contributed by atoms with Gasteiger partial charge in [0.1, 0.15) is 0 Å². The SMILES string of the molecule is COCCC(C)NC(=O)C1CNc2ccccc21. The third kappa shape index (κ3) is 2.82. The summed E-state index contributed by atoms with van der Waals surface area (Å²) in [5.74, 6) is 0.0160. The van der Waals surface area contributed by atoms with E-state index in [9.17, 15) is 4.79 Å². The van der Waals surface area contributed by atoms with Gasteiger partial charge in [-0.15, -0.1) is 0 Å². The zero-order valence-electron chi connectivity index (χ0n) is 10.9. The van der Waals surface area contributed by atoms with Crippen molar-refractivity contribution in [1.82, 2.24) is 5.32 Å². The van der Waals surface area contributed by atoms with Crippen LogP contribution in [0.3, 0.4) is 0 Å². The van der Waals surface area contributed by atoms with Crippen molar-refractivity contribution in [3.05, 3.63) is 29.8 Å². The summed E-state index contributed by atoms with van der Waals surface area (Å²) in [4.78, 5) is 12.2. The number of carbonyl (C=O) groups is 1. The van der Waals surface area contributed by atoms with Crippen molar-refractivity contribution in [2.75, 3.05) is 25.6 Å². The molecule has 0 bridgehead atoms. The summed E-state index contributed by atoms with van der Waals surface area (Å²) >= 11 is 0. The molecule has 0 saturated heterocycles.